The topological polar surface area (TPSA) is 61.5 Å². The van der Waals surface area contributed by atoms with Gasteiger partial charge in [-0.2, -0.15) is 13.2 Å². The number of halogens is 4. The molecule has 0 amide bonds. The average Bonchev–Trinajstić information content (AvgIpc) is 2.35. The van der Waals surface area contributed by atoms with Crippen LogP contribution in [0.25, 0.3) is 0 Å². The third-order valence-corrected chi connectivity index (χ3v) is 2.36. The number of ether oxygens (including phenoxy) is 2. The summed E-state index contributed by atoms with van der Waals surface area (Å²) in [7, 11) is 2.30. The van der Waals surface area contributed by atoms with Gasteiger partial charge in [-0.25, -0.2) is 0 Å². The molecule has 1 aromatic rings. The van der Waals surface area contributed by atoms with Crippen molar-refractivity contribution in [2.45, 2.75) is 12.2 Å². The van der Waals surface area contributed by atoms with Crippen molar-refractivity contribution in [2.75, 3.05) is 14.2 Å². The monoisotopic (exact) mass is 299 g/mol. The Labute approximate surface area is 114 Å². The van der Waals surface area contributed by atoms with Gasteiger partial charge in [0.2, 0.25) is 0 Å². The molecule has 0 aliphatic rings. The summed E-state index contributed by atoms with van der Waals surface area (Å²) in [6, 6.07) is 1.70. The predicted molar refractivity (Wildman–Crippen MR) is 64.2 cm³/mol. The van der Waals surface area contributed by atoms with Crippen LogP contribution in [0, 0.1) is 0 Å². The van der Waals surface area contributed by atoms with Gasteiger partial charge in [-0.15, -0.1) is 12.4 Å². The van der Waals surface area contributed by atoms with Gasteiger partial charge in [0.15, 0.2) is 0 Å². The van der Waals surface area contributed by atoms with Crippen LogP contribution in [0.3, 0.4) is 0 Å². The summed E-state index contributed by atoms with van der Waals surface area (Å²) in [5.74, 6) is -0.909. The average molecular weight is 300 g/mol. The van der Waals surface area contributed by atoms with Crippen molar-refractivity contribution in [3.8, 4) is 5.75 Å². The minimum absolute atomic E-state index is 0. The maximum atomic E-state index is 12.8. The SMILES string of the molecule is COC(=O)[C@H](N)c1ccc(OC)cc1C(F)(F)F.Cl. The first-order chi connectivity index (χ1) is 8.31. The number of nitrogens with two attached hydrogens (primary N) is 1. The maximum absolute atomic E-state index is 12.8. The number of hydrogen-bond donors (Lipinski definition) is 1. The minimum Gasteiger partial charge on any atom is -0.497 e. The fourth-order valence-corrected chi connectivity index (χ4v) is 1.43. The number of benzene rings is 1. The van der Waals surface area contributed by atoms with E-state index in [1.54, 1.807) is 0 Å². The molecule has 0 unspecified atom stereocenters. The van der Waals surface area contributed by atoms with E-state index >= 15 is 0 Å². The van der Waals surface area contributed by atoms with Crippen LogP contribution >= 0.6 is 12.4 Å². The highest BCUT2D eigenvalue weighted by atomic mass is 35.5. The van der Waals surface area contributed by atoms with E-state index in [0.29, 0.717) is 0 Å². The molecule has 2 N–H and O–H groups in total. The fraction of sp³-hybridized carbons (Fsp3) is 0.364. The van der Waals surface area contributed by atoms with Gasteiger partial charge < -0.3 is 15.2 Å². The quantitative estimate of drug-likeness (QED) is 0.870. The number of methoxy groups -OCH3 is 2. The molecule has 8 heteroatoms. The minimum atomic E-state index is -4.63. The molecule has 0 aliphatic carbocycles. The highest BCUT2D eigenvalue weighted by Crippen LogP contribution is 2.36. The molecule has 0 radical (unpaired) electrons. The second-order valence-corrected chi connectivity index (χ2v) is 3.45. The molecule has 0 spiro atoms. The lowest BCUT2D eigenvalue weighted by atomic mass is 10.00. The Morgan fingerprint density at radius 3 is 2.32 bits per heavy atom. The lowest BCUT2D eigenvalue weighted by Gasteiger charge is -2.17. The Bertz CT molecular complexity index is 451. The van der Waals surface area contributed by atoms with Crippen molar-refractivity contribution in [3.63, 3.8) is 0 Å². The molecule has 0 aromatic heterocycles. The molecule has 19 heavy (non-hydrogen) atoms. The van der Waals surface area contributed by atoms with Crippen LogP contribution in [0.15, 0.2) is 18.2 Å². The lowest BCUT2D eigenvalue weighted by Crippen LogP contribution is -2.25. The van der Waals surface area contributed by atoms with Crippen molar-refractivity contribution in [3.05, 3.63) is 29.3 Å². The molecule has 0 heterocycles. The summed E-state index contributed by atoms with van der Waals surface area (Å²) in [6.07, 6.45) is -4.63. The van der Waals surface area contributed by atoms with Crippen molar-refractivity contribution < 1.29 is 27.4 Å². The van der Waals surface area contributed by atoms with Crippen LogP contribution in [0.4, 0.5) is 13.2 Å². The zero-order valence-electron chi connectivity index (χ0n) is 10.2. The summed E-state index contributed by atoms with van der Waals surface area (Å²) in [6.45, 7) is 0. The molecular weight excluding hydrogens is 287 g/mol. The van der Waals surface area contributed by atoms with Crippen molar-refractivity contribution >= 4 is 18.4 Å². The van der Waals surface area contributed by atoms with E-state index in [-0.39, 0.29) is 23.7 Å². The molecule has 0 saturated heterocycles. The van der Waals surface area contributed by atoms with E-state index in [2.05, 4.69) is 4.74 Å². The smallest absolute Gasteiger partial charge is 0.416 e. The van der Waals surface area contributed by atoms with Crippen LogP contribution in [-0.4, -0.2) is 20.2 Å². The first kappa shape index (κ1) is 17.5. The first-order valence-corrected chi connectivity index (χ1v) is 4.89. The Morgan fingerprint density at radius 2 is 1.89 bits per heavy atom. The van der Waals surface area contributed by atoms with E-state index in [9.17, 15) is 18.0 Å². The van der Waals surface area contributed by atoms with Crippen LogP contribution in [0.5, 0.6) is 5.75 Å². The number of esters is 1. The van der Waals surface area contributed by atoms with Crippen molar-refractivity contribution in [2.24, 2.45) is 5.73 Å². The number of rotatable bonds is 3. The van der Waals surface area contributed by atoms with Gasteiger partial charge in [0.05, 0.1) is 19.8 Å². The number of alkyl halides is 3. The van der Waals surface area contributed by atoms with Crippen LogP contribution in [0.1, 0.15) is 17.2 Å². The van der Waals surface area contributed by atoms with Gasteiger partial charge in [-0.1, -0.05) is 6.07 Å². The number of carbonyl (C=O) groups is 1. The summed E-state index contributed by atoms with van der Waals surface area (Å²) in [5, 5.41) is 0. The van der Waals surface area contributed by atoms with E-state index < -0.39 is 23.8 Å². The lowest BCUT2D eigenvalue weighted by molar-refractivity contribution is -0.144. The predicted octanol–water partition coefficient (Wildman–Crippen LogP) is 2.31. The largest absolute Gasteiger partial charge is 0.497 e. The first-order valence-electron chi connectivity index (χ1n) is 4.89. The molecule has 4 nitrogen and oxygen atoms in total. The summed E-state index contributed by atoms with van der Waals surface area (Å²) in [5.41, 5.74) is 4.06. The number of carbonyl (C=O) groups excluding carboxylic acids is 1. The molecular formula is C11H13ClF3NO3. The second-order valence-electron chi connectivity index (χ2n) is 3.45. The van der Waals surface area contributed by atoms with E-state index in [1.807, 2.05) is 0 Å². The standard InChI is InChI=1S/C11H12F3NO3.ClH/c1-17-6-3-4-7(9(15)10(16)18-2)8(5-6)11(12,13)14;/h3-5,9H,15H2,1-2H3;1H/t9-;/m1./s1. The molecule has 1 rings (SSSR count). The molecule has 0 aliphatic heterocycles. The summed E-state index contributed by atoms with van der Waals surface area (Å²) >= 11 is 0. The van der Waals surface area contributed by atoms with Gasteiger partial charge in [-0.05, 0) is 17.7 Å². The fourth-order valence-electron chi connectivity index (χ4n) is 1.43. The van der Waals surface area contributed by atoms with Crippen molar-refractivity contribution in [1.82, 2.24) is 0 Å². The Morgan fingerprint density at radius 1 is 1.32 bits per heavy atom. The molecule has 0 saturated carbocycles. The van der Waals surface area contributed by atoms with Gasteiger partial charge in [0.25, 0.3) is 0 Å². The summed E-state index contributed by atoms with van der Waals surface area (Å²) < 4.78 is 47.5. The van der Waals surface area contributed by atoms with Gasteiger partial charge >= 0.3 is 12.1 Å². The van der Waals surface area contributed by atoms with Gasteiger partial charge in [-0.3, -0.25) is 4.79 Å². The van der Waals surface area contributed by atoms with Crippen molar-refractivity contribution in [1.29, 1.82) is 0 Å². The van der Waals surface area contributed by atoms with E-state index in [4.69, 9.17) is 10.5 Å². The maximum Gasteiger partial charge on any atom is 0.416 e. The van der Waals surface area contributed by atoms with Crippen LogP contribution in [0.2, 0.25) is 0 Å². The molecule has 1 aromatic carbocycles. The molecule has 0 bridgehead atoms. The van der Waals surface area contributed by atoms with Gasteiger partial charge in [0.1, 0.15) is 11.8 Å². The van der Waals surface area contributed by atoms with Gasteiger partial charge in [0, 0.05) is 0 Å². The second kappa shape index (κ2) is 6.63. The Hall–Kier alpha value is -1.47. The Balaban J connectivity index is 0.00000324. The third-order valence-electron chi connectivity index (χ3n) is 2.36. The van der Waals surface area contributed by atoms with E-state index in [1.165, 1.54) is 13.2 Å². The summed E-state index contributed by atoms with van der Waals surface area (Å²) in [4.78, 5) is 11.2. The van der Waals surface area contributed by atoms with E-state index in [0.717, 1.165) is 19.2 Å². The Kier molecular flexibility index (Phi) is 6.11. The highest BCUT2D eigenvalue weighted by molar-refractivity contribution is 5.85. The molecule has 0 fully saturated rings. The van der Waals surface area contributed by atoms with Crippen LogP contribution in [-0.2, 0) is 15.7 Å². The molecule has 1 atom stereocenters. The zero-order chi connectivity index (χ0) is 13.9. The zero-order valence-corrected chi connectivity index (χ0v) is 11.0. The highest BCUT2D eigenvalue weighted by Gasteiger charge is 2.36. The number of hydrogen-bond acceptors (Lipinski definition) is 4. The normalized spacial score (nSPS) is 12.3. The van der Waals surface area contributed by atoms with Crippen LogP contribution < -0.4 is 10.5 Å². The third kappa shape index (κ3) is 4.00. The molecule has 108 valence electrons.